The number of amides is 1. The van der Waals surface area contributed by atoms with Crippen LogP contribution in [0.3, 0.4) is 0 Å². The number of rotatable bonds is 3. The lowest BCUT2D eigenvalue weighted by Gasteiger charge is -2.24. The number of hydrogen-bond donors (Lipinski definition) is 1. The molecule has 0 radical (unpaired) electrons. The summed E-state index contributed by atoms with van der Waals surface area (Å²) in [6, 6.07) is 11.7. The van der Waals surface area contributed by atoms with E-state index in [-0.39, 0.29) is 11.8 Å². The summed E-state index contributed by atoms with van der Waals surface area (Å²) in [7, 11) is 1.57. The molecule has 1 aliphatic carbocycles. The van der Waals surface area contributed by atoms with Crippen LogP contribution in [-0.4, -0.2) is 18.0 Å². The van der Waals surface area contributed by atoms with Gasteiger partial charge < -0.3 is 10.1 Å². The molecule has 0 saturated heterocycles. The van der Waals surface area contributed by atoms with Crippen LogP contribution < -0.4 is 10.1 Å². The third kappa shape index (κ3) is 2.75. The normalized spacial score (nSPS) is 16.9. The smallest absolute Gasteiger partial charge is 0.233 e. The summed E-state index contributed by atoms with van der Waals surface area (Å²) in [5, 5.41) is 2.90. The first-order valence-electron chi connectivity index (χ1n) is 7.17. The highest BCUT2D eigenvalue weighted by Crippen LogP contribution is 2.33. The summed E-state index contributed by atoms with van der Waals surface area (Å²) in [4.78, 5) is 16.8. The van der Waals surface area contributed by atoms with Crippen molar-refractivity contribution in [1.29, 1.82) is 0 Å². The Balaban J connectivity index is 1.84. The second kappa shape index (κ2) is 5.95. The van der Waals surface area contributed by atoms with Crippen LogP contribution in [-0.2, 0) is 11.2 Å². The van der Waals surface area contributed by atoms with Gasteiger partial charge in [-0.15, -0.1) is 0 Å². The van der Waals surface area contributed by atoms with Crippen LogP contribution in [0.4, 0.5) is 5.82 Å². The van der Waals surface area contributed by atoms with Crippen molar-refractivity contribution >= 4 is 11.7 Å². The maximum absolute atomic E-state index is 12.6. The SMILES string of the molecule is COc1cccnc1NC(=O)C1CCCc2ccccc21. The zero-order valence-electron chi connectivity index (χ0n) is 12.0. The Hall–Kier alpha value is -2.36. The van der Waals surface area contributed by atoms with E-state index in [1.807, 2.05) is 18.2 Å². The molecule has 0 bridgehead atoms. The van der Waals surface area contributed by atoms with Gasteiger partial charge in [-0.2, -0.15) is 0 Å². The van der Waals surface area contributed by atoms with Crippen molar-refractivity contribution in [1.82, 2.24) is 4.98 Å². The quantitative estimate of drug-likeness (QED) is 0.941. The van der Waals surface area contributed by atoms with Crippen LogP contribution in [0.5, 0.6) is 5.75 Å². The molecule has 2 aromatic rings. The standard InChI is InChI=1S/C17H18N2O2/c1-21-15-10-5-11-18-16(15)19-17(20)14-9-4-7-12-6-2-3-8-13(12)14/h2-3,5-6,8,10-11,14H,4,7,9H2,1H3,(H,18,19,20). The summed E-state index contributed by atoms with van der Waals surface area (Å²) in [6.45, 7) is 0. The lowest BCUT2D eigenvalue weighted by molar-refractivity contribution is -0.117. The topological polar surface area (TPSA) is 51.2 Å². The number of nitrogens with one attached hydrogen (secondary N) is 1. The fourth-order valence-electron chi connectivity index (χ4n) is 2.88. The Morgan fingerprint density at radius 2 is 2.14 bits per heavy atom. The first-order valence-corrected chi connectivity index (χ1v) is 7.17. The van der Waals surface area contributed by atoms with Gasteiger partial charge >= 0.3 is 0 Å². The molecule has 4 nitrogen and oxygen atoms in total. The van der Waals surface area contributed by atoms with E-state index < -0.39 is 0 Å². The number of pyridine rings is 1. The highest BCUT2D eigenvalue weighted by Gasteiger charge is 2.26. The summed E-state index contributed by atoms with van der Waals surface area (Å²) >= 11 is 0. The van der Waals surface area contributed by atoms with Gasteiger partial charge in [0.2, 0.25) is 5.91 Å². The minimum Gasteiger partial charge on any atom is -0.493 e. The van der Waals surface area contributed by atoms with Gasteiger partial charge in [0.25, 0.3) is 0 Å². The van der Waals surface area contributed by atoms with Gasteiger partial charge in [-0.3, -0.25) is 4.79 Å². The maximum Gasteiger partial charge on any atom is 0.233 e. The molecule has 1 aromatic carbocycles. The molecule has 0 fully saturated rings. The van der Waals surface area contributed by atoms with Crippen molar-refractivity contribution in [2.45, 2.75) is 25.2 Å². The molecule has 1 N–H and O–H groups in total. The van der Waals surface area contributed by atoms with Gasteiger partial charge in [-0.25, -0.2) is 4.98 Å². The van der Waals surface area contributed by atoms with E-state index in [0.717, 1.165) is 24.8 Å². The molecule has 4 heteroatoms. The van der Waals surface area contributed by atoms with E-state index in [1.165, 1.54) is 5.56 Å². The molecule has 0 aliphatic heterocycles. The van der Waals surface area contributed by atoms with Crippen molar-refractivity contribution in [3.63, 3.8) is 0 Å². The van der Waals surface area contributed by atoms with Gasteiger partial charge in [-0.1, -0.05) is 24.3 Å². The molecule has 1 aromatic heterocycles. The fourth-order valence-corrected chi connectivity index (χ4v) is 2.88. The summed E-state index contributed by atoms with van der Waals surface area (Å²) < 4.78 is 5.23. The van der Waals surface area contributed by atoms with Crippen molar-refractivity contribution in [3.05, 3.63) is 53.7 Å². The Morgan fingerprint density at radius 1 is 1.29 bits per heavy atom. The number of aromatic nitrogens is 1. The van der Waals surface area contributed by atoms with Gasteiger partial charge in [-0.05, 0) is 42.5 Å². The predicted molar refractivity (Wildman–Crippen MR) is 81.5 cm³/mol. The zero-order valence-corrected chi connectivity index (χ0v) is 12.0. The van der Waals surface area contributed by atoms with Gasteiger partial charge in [0, 0.05) is 6.20 Å². The number of ether oxygens (including phenoxy) is 1. The monoisotopic (exact) mass is 282 g/mol. The minimum absolute atomic E-state index is 0.0147. The van der Waals surface area contributed by atoms with Crippen LogP contribution in [0.25, 0.3) is 0 Å². The second-order valence-corrected chi connectivity index (χ2v) is 5.19. The molecule has 1 unspecified atom stereocenters. The summed E-state index contributed by atoms with van der Waals surface area (Å²) in [5.74, 6) is 0.934. The molecule has 0 saturated carbocycles. The Kier molecular flexibility index (Phi) is 3.86. The molecule has 1 heterocycles. The van der Waals surface area contributed by atoms with E-state index in [9.17, 15) is 4.79 Å². The third-order valence-corrected chi connectivity index (χ3v) is 3.92. The number of anilines is 1. The van der Waals surface area contributed by atoms with Crippen LogP contribution in [0, 0.1) is 0 Å². The number of fused-ring (bicyclic) bond motifs is 1. The first kappa shape index (κ1) is 13.6. The number of hydrogen-bond acceptors (Lipinski definition) is 3. The van der Waals surface area contributed by atoms with Crippen molar-refractivity contribution in [3.8, 4) is 5.75 Å². The number of carbonyl (C=O) groups excluding carboxylic acids is 1. The second-order valence-electron chi connectivity index (χ2n) is 5.19. The van der Waals surface area contributed by atoms with Crippen LogP contribution in [0.2, 0.25) is 0 Å². The van der Waals surface area contributed by atoms with E-state index in [1.54, 1.807) is 25.4 Å². The molecule has 3 rings (SSSR count). The van der Waals surface area contributed by atoms with E-state index >= 15 is 0 Å². The number of carbonyl (C=O) groups is 1. The van der Waals surface area contributed by atoms with Crippen molar-refractivity contribution < 1.29 is 9.53 Å². The third-order valence-electron chi connectivity index (χ3n) is 3.92. The number of aryl methyl sites for hydroxylation is 1. The molecule has 1 aliphatic rings. The largest absolute Gasteiger partial charge is 0.493 e. The fraction of sp³-hybridized carbons (Fsp3) is 0.294. The van der Waals surface area contributed by atoms with Gasteiger partial charge in [0.05, 0.1) is 13.0 Å². The van der Waals surface area contributed by atoms with E-state index in [4.69, 9.17) is 4.74 Å². The molecule has 1 amide bonds. The molecular formula is C17H18N2O2. The number of nitrogens with zero attached hydrogens (tertiary/aromatic N) is 1. The summed E-state index contributed by atoms with van der Waals surface area (Å²) in [6.07, 6.45) is 4.60. The van der Waals surface area contributed by atoms with Gasteiger partial charge in [0.1, 0.15) is 0 Å². The number of benzene rings is 1. The lowest BCUT2D eigenvalue weighted by atomic mass is 9.82. The highest BCUT2D eigenvalue weighted by atomic mass is 16.5. The first-order chi connectivity index (χ1) is 10.3. The van der Waals surface area contributed by atoms with Crippen molar-refractivity contribution in [2.24, 2.45) is 0 Å². The molecule has 108 valence electrons. The average molecular weight is 282 g/mol. The average Bonchev–Trinajstić information content (AvgIpc) is 2.54. The Bertz CT molecular complexity index is 655. The van der Waals surface area contributed by atoms with Crippen LogP contribution >= 0.6 is 0 Å². The van der Waals surface area contributed by atoms with Crippen LogP contribution in [0.1, 0.15) is 29.9 Å². The maximum atomic E-state index is 12.6. The van der Waals surface area contributed by atoms with Crippen LogP contribution in [0.15, 0.2) is 42.6 Å². The Labute approximate surface area is 124 Å². The minimum atomic E-state index is -0.110. The van der Waals surface area contributed by atoms with E-state index in [2.05, 4.69) is 16.4 Å². The number of methoxy groups -OCH3 is 1. The predicted octanol–water partition coefficient (Wildman–Crippen LogP) is 3.15. The Morgan fingerprint density at radius 3 is 3.00 bits per heavy atom. The van der Waals surface area contributed by atoms with Crippen molar-refractivity contribution in [2.75, 3.05) is 12.4 Å². The molecule has 21 heavy (non-hydrogen) atoms. The molecular weight excluding hydrogens is 264 g/mol. The molecule has 1 atom stereocenters. The highest BCUT2D eigenvalue weighted by molar-refractivity contribution is 5.96. The summed E-state index contributed by atoms with van der Waals surface area (Å²) in [5.41, 5.74) is 2.41. The van der Waals surface area contributed by atoms with E-state index in [0.29, 0.717) is 11.6 Å². The molecule has 0 spiro atoms. The lowest BCUT2D eigenvalue weighted by Crippen LogP contribution is -2.25. The van der Waals surface area contributed by atoms with Gasteiger partial charge in [0.15, 0.2) is 11.6 Å². The zero-order chi connectivity index (χ0) is 14.7.